The zero-order chi connectivity index (χ0) is 13.7. The maximum atomic E-state index is 6.03. The van der Waals surface area contributed by atoms with Gasteiger partial charge in [0.2, 0.25) is 0 Å². The van der Waals surface area contributed by atoms with Crippen LogP contribution in [-0.2, 0) is 4.74 Å². The van der Waals surface area contributed by atoms with Gasteiger partial charge in [-0.1, -0.05) is 18.5 Å². The number of nitrogen functional groups attached to an aromatic ring is 1. The van der Waals surface area contributed by atoms with E-state index in [-0.39, 0.29) is 6.04 Å². The molecule has 19 heavy (non-hydrogen) atoms. The van der Waals surface area contributed by atoms with Gasteiger partial charge in [-0.2, -0.15) is 0 Å². The molecule has 1 fully saturated rings. The third kappa shape index (κ3) is 4.06. The highest BCUT2D eigenvalue weighted by Gasteiger charge is 2.23. The largest absolute Gasteiger partial charge is 0.383 e. The van der Waals surface area contributed by atoms with Gasteiger partial charge in [-0.05, 0) is 38.3 Å². The normalized spacial score (nSPS) is 20.6. The first-order valence-corrected chi connectivity index (χ1v) is 7.34. The second-order valence-corrected chi connectivity index (χ2v) is 5.44. The van der Waals surface area contributed by atoms with Crippen LogP contribution in [0, 0.1) is 0 Å². The lowest BCUT2D eigenvalue weighted by atomic mass is 9.99. The number of pyridine rings is 1. The third-order valence-corrected chi connectivity index (χ3v) is 3.66. The van der Waals surface area contributed by atoms with E-state index >= 15 is 0 Å². The number of rotatable bonds is 6. The van der Waals surface area contributed by atoms with E-state index in [4.69, 9.17) is 22.1 Å². The molecular weight excluding hydrogens is 262 g/mol. The third-order valence-electron chi connectivity index (χ3n) is 3.45. The molecule has 0 amide bonds. The van der Waals surface area contributed by atoms with Crippen LogP contribution in [0.25, 0.3) is 0 Å². The Bertz CT molecular complexity index is 408. The fourth-order valence-corrected chi connectivity index (χ4v) is 2.64. The van der Waals surface area contributed by atoms with Crippen LogP contribution in [0.15, 0.2) is 12.3 Å². The summed E-state index contributed by atoms with van der Waals surface area (Å²) < 4.78 is 5.72. The molecule has 0 radical (unpaired) electrons. The van der Waals surface area contributed by atoms with Crippen molar-refractivity contribution in [2.75, 3.05) is 18.9 Å². The van der Waals surface area contributed by atoms with Gasteiger partial charge in [0.15, 0.2) is 0 Å². The number of halogens is 1. The van der Waals surface area contributed by atoms with Gasteiger partial charge in [0.25, 0.3) is 0 Å². The molecule has 1 aliphatic rings. The number of aromatic nitrogens is 1. The number of nitrogens with two attached hydrogens (primary N) is 1. The van der Waals surface area contributed by atoms with Crippen molar-refractivity contribution in [1.82, 2.24) is 10.3 Å². The van der Waals surface area contributed by atoms with Crippen LogP contribution in [0.1, 0.15) is 44.2 Å². The maximum absolute atomic E-state index is 6.03. The summed E-state index contributed by atoms with van der Waals surface area (Å²) in [6, 6.07) is 2.07. The standard InChI is InChI=1S/C14H22ClN3O/c1-2-5-17-13(8-11-4-3-6-19-11)12-7-10(15)9-18-14(12)16/h7,9,11,13,17H,2-6,8H2,1H3,(H2,16,18). The Morgan fingerprint density at radius 1 is 1.63 bits per heavy atom. The molecule has 2 unspecified atom stereocenters. The zero-order valence-electron chi connectivity index (χ0n) is 11.4. The second kappa shape index (κ2) is 7.08. The van der Waals surface area contributed by atoms with E-state index in [1.807, 2.05) is 6.07 Å². The Morgan fingerprint density at radius 3 is 3.16 bits per heavy atom. The van der Waals surface area contributed by atoms with Crippen LogP contribution in [0.5, 0.6) is 0 Å². The van der Waals surface area contributed by atoms with E-state index in [1.165, 1.54) is 0 Å². The van der Waals surface area contributed by atoms with Crippen molar-refractivity contribution in [1.29, 1.82) is 0 Å². The molecule has 3 N–H and O–H groups in total. The Hall–Kier alpha value is -0.840. The van der Waals surface area contributed by atoms with Crippen molar-refractivity contribution in [2.45, 2.75) is 44.8 Å². The van der Waals surface area contributed by atoms with Crippen LogP contribution in [-0.4, -0.2) is 24.2 Å². The minimum absolute atomic E-state index is 0.161. The molecule has 106 valence electrons. The van der Waals surface area contributed by atoms with Crippen molar-refractivity contribution in [3.8, 4) is 0 Å². The molecule has 1 saturated heterocycles. The number of nitrogens with one attached hydrogen (secondary N) is 1. The van der Waals surface area contributed by atoms with Crippen LogP contribution in [0.4, 0.5) is 5.82 Å². The molecule has 0 bridgehead atoms. The number of hydrogen-bond acceptors (Lipinski definition) is 4. The summed E-state index contributed by atoms with van der Waals surface area (Å²) in [5, 5.41) is 4.15. The van der Waals surface area contributed by atoms with E-state index < -0.39 is 0 Å². The summed E-state index contributed by atoms with van der Waals surface area (Å²) in [6.45, 7) is 3.97. The van der Waals surface area contributed by atoms with E-state index in [9.17, 15) is 0 Å². The smallest absolute Gasteiger partial charge is 0.128 e. The fourth-order valence-electron chi connectivity index (χ4n) is 2.48. The van der Waals surface area contributed by atoms with Crippen LogP contribution < -0.4 is 11.1 Å². The summed E-state index contributed by atoms with van der Waals surface area (Å²) in [5.41, 5.74) is 6.97. The average Bonchev–Trinajstić information content (AvgIpc) is 2.90. The van der Waals surface area contributed by atoms with Gasteiger partial charge in [0.05, 0.1) is 11.1 Å². The fraction of sp³-hybridized carbons (Fsp3) is 0.643. The molecule has 4 nitrogen and oxygen atoms in total. The lowest BCUT2D eigenvalue weighted by molar-refractivity contribution is 0.0946. The van der Waals surface area contributed by atoms with Crippen LogP contribution >= 0.6 is 11.6 Å². The van der Waals surface area contributed by atoms with Gasteiger partial charge in [0, 0.05) is 24.4 Å². The minimum atomic E-state index is 0.161. The summed E-state index contributed by atoms with van der Waals surface area (Å²) in [7, 11) is 0. The van der Waals surface area contributed by atoms with Crippen molar-refractivity contribution in [3.05, 3.63) is 22.8 Å². The van der Waals surface area contributed by atoms with Crippen molar-refractivity contribution in [2.24, 2.45) is 0 Å². The van der Waals surface area contributed by atoms with E-state index in [1.54, 1.807) is 6.20 Å². The van der Waals surface area contributed by atoms with Gasteiger partial charge >= 0.3 is 0 Å². The molecule has 1 aromatic heterocycles. The molecule has 0 spiro atoms. The quantitative estimate of drug-likeness (QED) is 0.843. The monoisotopic (exact) mass is 283 g/mol. The molecule has 1 aliphatic heterocycles. The summed E-state index contributed by atoms with van der Waals surface area (Å²) >= 11 is 6.03. The van der Waals surface area contributed by atoms with Gasteiger partial charge < -0.3 is 15.8 Å². The predicted molar refractivity (Wildman–Crippen MR) is 78.3 cm³/mol. The van der Waals surface area contributed by atoms with Crippen molar-refractivity contribution in [3.63, 3.8) is 0 Å². The molecule has 5 heteroatoms. The van der Waals surface area contributed by atoms with Gasteiger partial charge in [0.1, 0.15) is 5.82 Å². The highest BCUT2D eigenvalue weighted by atomic mass is 35.5. The summed E-state index contributed by atoms with van der Waals surface area (Å²) in [5.74, 6) is 0.552. The highest BCUT2D eigenvalue weighted by molar-refractivity contribution is 6.30. The molecule has 0 aromatic carbocycles. The first-order chi connectivity index (χ1) is 9.20. The molecule has 0 aliphatic carbocycles. The zero-order valence-corrected chi connectivity index (χ0v) is 12.1. The second-order valence-electron chi connectivity index (χ2n) is 5.01. The summed E-state index contributed by atoms with van der Waals surface area (Å²) in [4.78, 5) is 4.15. The lowest BCUT2D eigenvalue weighted by Gasteiger charge is -2.23. The van der Waals surface area contributed by atoms with E-state index in [0.717, 1.165) is 44.4 Å². The van der Waals surface area contributed by atoms with Crippen LogP contribution in [0.2, 0.25) is 5.02 Å². The molecule has 2 heterocycles. The Morgan fingerprint density at radius 2 is 2.47 bits per heavy atom. The first-order valence-electron chi connectivity index (χ1n) is 6.96. The molecule has 2 rings (SSSR count). The Kier molecular flexibility index (Phi) is 5.43. The van der Waals surface area contributed by atoms with E-state index in [0.29, 0.717) is 16.9 Å². The number of hydrogen-bond donors (Lipinski definition) is 2. The maximum Gasteiger partial charge on any atom is 0.128 e. The van der Waals surface area contributed by atoms with Crippen molar-refractivity contribution < 1.29 is 4.74 Å². The van der Waals surface area contributed by atoms with Gasteiger partial charge in [-0.3, -0.25) is 0 Å². The Balaban J connectivity index is 2.12. The van der Waals surface area contributed by atoms with E-state index in [2.05, 4.69) is 17.2 Å². The highest BCUT2D eigenvalue weighted by Crippen LogP contribution is 2.29. The summed E-state index contributed by atoms with van der Waals surface area (Å²) in [6.07, 6.45) is 6.17. The minimum Gasteiger partial charge on any atom is -0.383 e. The predicted octanol–water partition coefficient (Wildman–Crippen LogP) is 2.93. The molecule has 1 aromatic rings. The molecule has 2 atom stereocenters. The topological polar surface area (TPSA) is 60.2 Å². The SMILES string of the molecule is CCCNC(CC1CCCO1)c1cc(Cl)cnc1N. The molecular formula is C14H22ClN3O. The molecule has 0 saturated carbocycles. The number of anilines is 1. The van der Waals surface area contributed by atoms with Gasteiger partial charge in [-0.15, -0.1) is 0 Å². The van der Waals surface area contributed by atoms with Gasteiger partial charge in [-0.25, -0.2) is 4.98 Å². The van der Waals surface area contributed by atoms with Crippen LogP contribution in [0.3, 0.4) is 0 Å². The van der Waals surface area contributed by atoms with Crippen molar-refractivity contribution >= 4 is 17.4 Å². The lowest BCUT2D eigenvalue weighted by Crippen LogP contribution is -2.27. The first kappa shape index (κ1) is 14.6. The average molecular weight is 284 g/mol. The Labute approximate surface area is 119 Å². The number of ether oxygens (including phenoxy) is 1. The number of nitrogens with zero attached hydrogens (tertiary/aromatic N) is 1.